The van der Waals surface area contributed by atoms with Crippen molar-refractivity contribution in [2.75, 3.05) is 31.6 Å². The number of benzene rings is 1. The third kappa shape index (κ3) is 3.93. The smallest absolute Gasteiger partial charge is 0.119 e. The minimum Gasteiger partial charge on any atom is -0.494 e. The number of anilines is 1. The van der Waals surface area contributed by atoms with Crippen LogP contribution in [-0.4, -0.2) is 26.2 Å². The molecule has 1 unspecified atom stereocenters. The van der Waals surface area contributed by atoms with Crippen molar-refractivity contribution in [1.82, 2.24) is 5.32 Å². The summed E-state index contributed by atoms with van der Waals surface area (Å²) < 4.78 is 5.42. The standard InChI is InChI=1S/C14H22N2O/c1-2-17-14-7-5-13(6-8-14)16-11-12-4-3-9-15-10-12/h5-8,12,15-16H,2-4,9-11H2,1H3. The van der Waals surface area contributed by atoms with Gasteiger partial charge in [0.1, 0.15) is 5.75 Å². The summed E-state index contributed by atoms with van der Waals surface area (Å²) in [5.74, 6) is 1.70. The van der Waals surface area contributed by atoms with Crippen molar-refractivity contribution < 1.29 is 4.74 Å². The van der Waals surface area contributed by atoms with Crippen molar-refractivity contribution in [3.05, 3.63) is 24.3 Å². The van der Waals surface area contributed by atoms with Crippen LogP contribution in [0.25, 0.3) is 0 Å². The van der Waals surface area contributed by atoms with Gasteiger partial charge in [-0.05, 0) is 63.0 Å². The summed E-state index contributed by atoms with van der Waals surface area (Å²) in [6.45, 7) is 6.10. The number of hydrogen-bond acceptors (Lipinski definition) is 3. The first kappa shape index (κ1) is 12.2. The van der Waals surface area contributed by atoms with Crippen LogP contribution in [0.1, 0.15) is 19.8 Å². The second kappa shape index (κ2) is 6.50. The fourth-order valence-electron chi connectivity index (χ4n) is 2.20. The summed E-state index contributed by atoms with van der Waals surface area (Å²) in [5.41, 5.74) is 1.18. The first-order valence-corrected chi connectivity index (χ1v) is 6.56. The van der Waals surface area contributed by atoms with Gasteiger partial charge in [0, 0.05) is 12.2 Å². The van der Waals surface area contributed by atoms with E-state index in [1.54, 1.807) is 0 Å². The van der Waals surface area contributed by atoms with Gasteiger partial charge in [0.25, 0.3) is 0 Å². The molecule has 2 N–H and O–H groups in total. The summed E-state index contributed by atoms with van der Waals surface area (Å²) in [4.78, 5) is 0. The van der Waals surface area contributed by atoms with E-state index in [2.05, 4.69) is 22.8 Å². The van der Waals surface area contributed by atoms with Crippen molar-refractivity contribution in [3.8, 4) is 5.75 Å². The Morgan fingerprint density at radius 1 is 1.35 bits per heavy atom. The molecule has 1 aliphatic heterocycles. The Morgan fingerprint density at radius 2 is 2.18 bits per heavy atom. The SMILES string of the molecule is CCOc1ccc(NCC2CCCNC2)cc1. The number of piperidine rings is 1. The molecular formula is C14H22N2O. The largest absolute Gasteiger partial charge is 0.494 e. The van der Waals surface area contributed by atoms with Crippen molar-refractivity contribution in [3.63, 3.8) is 0 Å². The van der Waals surface area contributed by atoms with E-state index in [0.29, 0.717) is 0 Å². The zero-order chi connectivity index (χ0) is 11.9. The lowest BCUT2D eigenvalue weighted by Crippen LogP contribution is -2.33. The van der Waals surface area contributed by atoms with Gasteiger partial charge in [-0.2, -0.15) is 0 Å². The van der Waals surface area contributed by atoms with E-state index in [4.69, 9.17) is 4.74 Å². The topological polar surface area (TPSA) is 33.3 Å². The van der Waals surface area contributed by atoms with Crippen molar-refractivity contribution in [1.29, 1.82) is 0 Å². The third-order valence-electron chi connectivity index (χ3n) is 3.16. The van der Waals surface area contributed by atoms with Crippen LogP contribution in [0.15, 0.2) is 24.3 Å². The van der Waals surface area contributed by atoms with Crippen LogP contribution >= 0.6 is 0 Å². The molecule has 0 saturated carbocycles. The Hall–Kier alpha value is -1.22. The lowest BCUT2D eigenvalue weighted by molar-refractivity contribution is 0.340. The zero-order valence-electron chi connectivity index (χ0n) is 10.5. The molecule has 1 atom stereocenters. The second-order valence-corrected chi connectivity index (χ2v) is 4.55. The Bertz CT molecular complexity index is 317. The van der Waals surface area contributed by atoms with Gasteiger partial charge in [-0.25, -0.2) is 0 Å². The molecule has 2 rings (SSSR count). The van der Waals surface area contributed by atoms with Crippen LogP contribution in [0.2, 0.25) is 0 Å². The molecule has 0 spiro atoms. The quantitative estimate of drug-likeness (QED) is 0.821. The van der Waals surface area contributed by atoms with Gasteiger partial charge in [0.15, 0.2) is 0 Å². The highest BCUT2D eigenvalue weighted by molar-refractivity contribution is 5.46. The molecule has 3 heteroatoms. The Labute approximate surface area is 104 Å². The molecular weight excluding hydrogens is 212 g/mol. The van der Waals surface area contributed by atoms with Crippen molar-refractivity contribution in [2.24, 2.45) is 5.92 Å². The van der Waals surface area contributed by atoms with Gasteiger partial charge >= 0.3 is 0 Å². The molecule has 17 heavy (non-hydrogen) atoms. The Morgan fingerprint density at radius 3 is 2.82 bits per heavy atom. The van der Waals surface area contributed by atoms with Gasteiger partial charge in [-0.15, -0.1) is 0 Å². The monoisotopic (exact) mass is 234 g/mol. The summed E-state index contributed by atoms with van der Waals surface area (Å²) in [5, 5.41) is 6.93. The molecule has 3 nitrogen and oxygen atoms in total. The van der Waals surface area contributed by atoms with Gasteiger partial charge in [-0.3, -0.25) is 0 Å². The summed E-state index contributed by atoms with van der Waals surface area (Å²) >= 11 is 0. The van der Waals surface area contributed by atoms with Crippen molar-refractivity contribution in [2.45, 2.75) is 19.8 Å². The first-order chi connectivity index (χ1) is 8.38. The average molecular weight is 234 g/mol. The van der Waals surface area contributed by atoms with Crippen LogP contribution < -0.4 is 15.4 Å². The lowest BCUT2D eigenvalue weighted by atomic mass is 10.00. The molecule has 0 bridgehead atoms. The molecule has 1 aliphatic rings. The zero-order valence-corrected chi connectivity index (χ0v) is 10.5. The Kier molecular flexibility index (Phi) is 4.68. The summed E-state index contributed by atoms with van der Waals surface area (Å²) in [6.07, 6.45) is 2.63. The van der Waals surface area contributed by atoms with E-state index in [-0.39, 0.29) is 0 Å². The fourth-order valence-corrected chi connectivity index (χ4v) is 2.20. The van der Waals surface area contributed by atoms with E-state index in [1.165, 1.54) is 25.1 Å². The predicted octanol–water partition coefficient (Wildman–Crippen LogP) is 2.50. The molecule has 1 aromatic carbocycles. The second-order valence-electron chi connectivity index (χ2n) is 4.55. The van der Waals surface area contributed by atoms with E-state index in [0.717, 1.165) is 31.4 Å². The van der Waals surface area contributed by atoms with E-state index >= 15 is 0 Å². The summed E-state index contributed by atoms with van der Waals surface area (Å²) in [7, 11) is 0. The van der Waals surface area contributed by atoms with Crippen LogP contribution in [0, 0.1) is 5.92 Å². The maximum Gasteiger partial charge on any atom is 0.119 e. The van der Waals surface area contributed by atoms with Crippen molar-refractivity contribution >= 4 is 5.69 Å². The van der Waals surface area contributed by atoms with E-state index in [9.17, 15) is 0 Å². The van der Waals surface area contributed by atoms with Gasteiger partial charge in [0.05, 0.1) is 6.61 Å². The number of ether oxygens (including phenoxy) is 1. The van der Waals surface area contributed by atoms with Gasteiger partial charge in [0.2, 0.25) is 0 Å². The molecule has 94 valence electrons. The molecule has 1 heterocycles. The van der Waals surface area contributed by atoms with Gasteiger partial charge < -0.3 is 15.4 Å². The number of hydrogen-bond donors (Lipinski definition) is 2. The van der Waals surface area contributed by atoms with Crippen LogP contribution in [0.5, 0.6) is 5.75 Å². The molecule has 0 amide bonds. The van der Waals surface area contributed by atoms with Crippen LogP contribution in [0.3, 0.4) is 0 Å². The van der Waals surface area contributed by atoms with E-state index in [1.807, 2.05) is 19.1 Å². The maximum absolute atomic E-state index is 5.42. The van der Waals surface area contributed by atoms with Crippen LogP contribution in [0.4, 0.5) is 5.69 Å². The highest BCUT2D eigenvalue weighted by Gasteiger charge is 2.12. The number of rotatable bonds is 5. The van der Waals surface area contributed by atoms with Gasteiger partial charge in [-0.1, -0.05) is 0 Å². The highest BCUT2D eigenvalue weighted by Crippen LogP contribution is 2.17. The molecule has 0 aromatic heterocycles. The minimum atomic E-state index is 0.723. The number of nitrogens with one attached hydrogen (secondary N) is 2. The average Bonchev–Trinajstić information content (AvgIpc) is 2.40. The molecule has 1 aromatic rings. The third-order valence-corrected chi connectivity index (χ3v) is 3.16. The maximum atomic E-state index is 5.42. The highest BCUT2D eigenvalue weighted by atomic mass is 16.5. The van der Waals surface area contributed by atoms with Crippen LogP contribution in [-0.2, 0) is 0 Å². The van der Waals surface area contributed by atoms with E-state index < -0.39 is 0 Å². The predicted molar refractivity (Wildman–Crippen MR) is 71.7 cm³/mol. The molecule has 1 fully saturated rings. The first-order valence-electron chi connectivity index (χ1n) is 6.56. The lowest BCUT2D eigenvalue weighted by Gasteiger charge is -2.23. The molecule has 0 radical (unpaired) electrons. The summed E-state index contributed by atoms with van der Waals surface area (Å²) in [6, 6.07) is 8.21. The minimum absolute atomic E-state index is 0.723. The molecule has 1 saturated heterocycles. The normalized spacial score (nSPS) is 19.9. The Balaban J connectivity index is 1.77. The fraction of sp³-hybridized carbons (Fsp3) is 0.571. The molecule has 0 aliphatic carbocycles.